The molecule has 1 aromatic heterocycles. The number of nitrogens with one attached hydrogen (secondary N) is 1. The number of nitrogens with zero attached hydrogens (tertiary/aromatic N) is 2. The predicted octanol–water partition coefficient (Wildman–Crippen LogP) is 2.22. The molecule has 0 amide bonds. The molecule has 0 saturated heterocycles. The first-order valence-electron chi connectivity index (χ1n) is 4.98. The van der Waals surface area contributed by atoms with E-state index >= 15 is 0 Å². The number of hydrogen-bond donors (Lipinski definition) is 1. The molecule has 0 aromatic carbocycles. The summed E-state index contributed by atoms with van der Waals surface area (Å²) in [6.07, 6.45) is 10.0. The Balaban J connectivity index is 1.90. The highest BCUT2D eigenvalue weighted by atomic mass is 15.0. The molecule has 1 N–H and O–H groups in total. The lowest BCUT2D eigenvalue weighted by Gasteiger charge is -2.22. The minimum absolute atomic E-state index is 0.628. The molecule has 13 heavy (non-hydrogen) atoms. The molecule has 0 spiro atoms. The molecular weight excluding hydrogens is 162 g/mol. The Hall–Kier alpha value is -1.12. The highest BCUT2D eigenvalue weighted by Gasteiger charge is 2.12. The van der Waals surface area contributed by atoms with Crippen molar-refractivity contribution in [1.29, 1.82) is 0 Å². The summed E-state index contributed by atoms with van der Waals surface area (Å²) in [6, 6.07) is 2.55. The fourth-order valence-electron chi connectivity index (χ4n) is 1.83. The van der Waals surface area contributed by atoms with E-state index in [9.17, 15) is 0 Å². The van der Waals surface area contributed by atoms with Crippen LogP contribution in [0.2, 0.25) is 0 Å². The molecule has 1 aliphatic carbocycles. The van der Waals surface area contributed by atoms with E-state index in [0.29, 0.717) is 6.04 Å². The Morgan fingerprint density at radius 3 is 2.77 bits per heavy atom. The third kappa shape index (κ3) is 2.41. The van der Waals surface area contributed by atoms with Gasteiger partial charge in [-0.2, -0.15) is 0 Å². The van der Waals surface area contributed by atoms with Gasteiger partial charge >= 0.3 is 0 Å². The normalized spacial score (nSPS) is 18.5. The summed E-state index contributed by atoms with van der Waals surface area (Å²) in [7, 11) is 0. The molecule has 3 heteroatoms. The van der Waals surface area contributed by atoms with Crippen molar-refractivity contribution >= 4 is 5.82 Å². The highest BCUT2D eigenvalue weighted by Crippen LogP contribution is 2.20. The molecular formula is C10H15N3. The fourth-order valence-corrected chi connectivity index (χ4v) is 1.83. The van der Waals surface area contributed by atoms with E-state index in [1.54, 1.807) is 12.5 Å². The van der Waals surface area contributed by atoms with Crippen LogP contribution in [0.5, 0.6) is 0 Å². The van der Waals surface area contributed by atoms with Gasteiger partial charge in [-0.1, -0.05) is 19.3 Å². The van der Waals surface area contributed by atoms with Crippen LogP contribution in [0.25, 0.3) is 0 Å². The molecule has 1 aliphatic rings. The van der Waals surface area contributed by atoms with Gasteiger partial charge in [0.1, 0.15) is 12.1 Å². The average molecular weight is 177 g/mol. The van der Waals surface area contributed by atoms with Crippen LogP contribution in [0.4, 0.5) is 5.82 Å². The lowest BCUT2D eigenvalue weighted by Crippen LogP contribution is -2.22. The zero-order valence-electron chi connectivity index (χ0n) is 7.74. The molecule has 1 saturated carbocycles. The zero-order chi connectivity index (χ0) is 8.93. The summed E-state index contributed by atoms with van der Waals surface area (Å²) < 4.78 is 0. The van der Waals surface area contributed by atoms with Gasteiger partial charge in [-0.25, -0.2) is 9.97 Å². The molecule has 2 rings (SSSR count). The largest absolute Gasteiger partial charge is 0.367 e. The van der Waals surface area contributed by atoms with Gasteiger partial charge < -0.3 is 5.32 Å². The van der Waals surface area contributed by atoms with Gasteiger partial charge in [0.2, 0.25) is 0 Å². The molecule has 0 radical (unpaired) electrons. The number of anilines is 1. The first-order valence-corrected chi connectivity index (χ1v) is 4.98. The summed E-state index contributed by atoms with van der Waals surface area (Å²) in [5.74, 6) is 0.960. The Kier molecular flexibility index (Phi) is 2.75. The summed E-state index contributed by atoms with van der Waals surface area (Å²) in [4.78, 5) is 8.04. The Morgan fingerprint density at radius 2 is 2.08 bits per heavy atom. The van der Waals surface area contributed by atoms with E-state index in [0.717, 1.165) is 5.82 Å². The topological polar surface area (TPSA) is 37.8 Å². The van der Waals surface area contributed by atoms with Crippen molar-refractivity contribution in [2.24, 2.45) is 0 Å². The van der Waals surface area contributed by atoms with E-state index in [-0.39, 0.29) is 0 Å². The minimum Gasteiger partial charge on any atom is -0.367 e. The lowest BCUT2D eigenvalue weighted by molar-refractivity contribution is 0.462. The van der Waals surface area contributed by atoms with Gasteiger partial charge in [0.05, 0.1) is 0 Å². The van der Waals surface area contributed by atoms with Crippen LogP contribution < -0.4 is 5.32 Å². The number of hydrogen-bond acceptors (Lipinski definition) is 3. The predicted molar refractivity (Wildman–Crippen MR) is 52.5 cm³/mol. The maximum Gasteiger partial charge on any atom is 0.129 e. The highest BCUT2D eigenvalue weighted by molar-refractivity contribution is 5.32. The van der Waals surface area contributed by atoms with Gasteiger partial charge in [0, 0.05) is 12.2 Å². The lowest BCUT2D eigenvalue weighted by atomic mass is 9.95. The molecule has 0 atom stereocenters. The first-order chi connectivity index (χ1) is 6.45. The quantitative estimate of drug-likeness (QED) is 0.752. The summed E-state index contributed by atoms with van der Waals surface area (Å²) in [6.45, 7) is 0. The van der Waals surface area contributed by atoms with Gasteiger partial charge in [-0.15, -0.1) is 0 Å². The van der Waals surface area contributed by atoms with E-state index in [1.165, 1.54) is 32.1 Å². The van der Waals surface area contributed by atoms with E-state index in [4.69, 9.17) is 0 Å². The van der Waals surface area contributed by atoms with Crippen molar-refractivity contribution < 1.29 is 0 Å². The van der Waals surface area contributed by atoms with Crippen LogP contribution in [0.15, 0.2) is 18.6 Å². The third-order valence-corrected chi connectivity index (χ3v) is 2.54. The van der Waals surface area contributed by atoms with E-state index in [1.807, 2.05) is 6.07 Å². The second-order valence-electron chi connectivity index (χ2n) is 3.57. The van der Waals surface area contributed by atoms with Crippen LogP contribution in [0, 0.1) is 0 Å². The van der Waals surface area contributed by atoms with E-state index < -0.39 is 0 Å². The summed E-state index contributed by atoms with van der Waals surface area (Å²) in [5, 5.41) is 3.43. The molecule has 1 heterocycles. The fraction of sp³-hybridized carbons (Fsp3) is 0.600. The monoisotopic (exact) mass is 177 g/mol. The Bertz CT molecular complexity index is 242. The smallest absolute Gasteiger partial charge is 0.129 e. The number of aromatic nitrogens is 2. The van der Waals surface area contributed by atoms with Gasteiger partial charge in [0.25, 0.3) is 0 Å². The SMILES string of the molecule is c1cc(NC2CCCCC2)ncn1. The molecule has 0 unspecified atom stereocenters. The summed E-state index contributed by atoms with van der Waals surface area (Å²) >= 11 is 0. The van der Waals surface area contributed by atoms with Crippen LogP contribution in [0.3, 0.4) is 0 Å². The van der Waals surface area contributed by atoms with Crippen molar-refractivity contribution in [3.05, 3.63) is 18.6 Å². The minimum atomic E-state index is 0.628. The van der Waals surface area contributed by atoms with Crippen molar-refractivity contribution in [2.75, 3.05) is 5.32 Å². The standard InChI is InChI=1S/C10H15N3/c1-2-4-9(5-3-1)13-10-6-7-11-8-12-10/h6-9H,1-5H2,(H,11,12,13). The second-order valence-corrected chi connectivity index (χ2v) is 3.57. The Labute approximate surface area is 78.6 Å². The molecule has 1 fully saturated rings. The number of rotatable bonds is 2. The maximum absolute atomic E-state index is 4.15. The van der Waals surface area contributed by atoms with Gasteiger partial charge in [-0.3, -0.25) is 0 Å². The second kappa shape index (κ2) is 4.21. The Morgan fingerprint density at radius 1 is 1.23 bits per heavy atom. The molecule has 70 valence electrons. The maximum atomic E-state index is 4.15. The van der Waals surface area contributed by atoms with Crippen LogP contribution in [-0.2, 0) is 0 Å². The third-order valence-electron chi connectivity index (χ3n) is 2.54. The molecule has 0 bridgehead atoms. The van der Waals surface area contributed by atoms with Gasteiger partial charge in [0.15, 0.2) is 0 Å². The van der Waals surface area contributed by atoms with E-state index in [2.05, 4.69) is 15.3 Å². The van der Waals surface area contributed by atoms with Crippen LogP contribution >= 0.6 is 0 Å². The van der Waals surface area contributed by atoms with Gasteiger partial charge in [-0.05, 0) is 18.9 Å². The molecule has 3 nitrogen and oxygen atoms in total. The van der Waals surface area contributed by atoms with Crippen molar-refractivity contribution in [3.8, 4) is 0 Å². The first kappa shape index (κ1) is 8.48. The zero-order valence-corrected chi connectivity index (χ0v) is 7.74. The average Bonchev–Trinajstić information content (AvgIpc) is 2.21. The van der Waals surface area contributed by atoms with Crippen LogP contribution in [-0.4, -0.2) is 16.0 Å². The molecule has 1 aromatic rings. The van der Waals surface area contributed by atoms with Crippen molar-refractivity contribution in [2.45, 2.75) is 38.1 Å². The van der Waals surface area contributed by atoms with Crippen molar-refractivity contribution in [3.63, 3.8) is 0 Å². The molecule has 0 aliphatic heterocycles. The van der Waals surface area contributed by atoms with Crippen molar-refractivity contribution in [1.82, 2.24) is 9.97 Å². The van der Waals surface area contributed by atoms with Crippen LogP contribution in [0.1, 0.15) is 32.1 Å². The summed E-state index contributed by atoms with van der Waals surface area (Å²) in [5.41, 5.74) is 0.